The summed E-state index contributed by atoms with van der Waals surface area (Å²) in [5, 5.41) is 0. The standard InChI is InChI=1S/C17H26FN3O/c1-3-15-19-8-11-21(15)13(2)12-16(22)20-9-6-17(18,7-10-20)14-4-5-14/h8,11,13-14H,3-7,9-10,12H2,1-2H3. The van der Waals surface area contributed by atoms with E-state index in [1.807, 2.05) is 18.0 Å². The van der Waals surface area contributed by atoms with Crippen LogP contribution in [0, 0.1) is 5.92 Å². The molecule has 1 saturated heterocycles. The van der Waals surface area contributed by atoms with Crippen molar-refractivity contribution in [3.05, 3.63) is 18.2 Å². The van der Waals surface area contributed by atoms with Crippen molar-refractivity contribution in [2.24, 2.45) is 5.92 Å². The molecule has 0 bridgehead atoms. The summed E-state index contributed by atoms with van der Waals surface area (Å²) in [6.07, 6.45) is 8.14. The summed E-state index contributed by atoms with van der Waals surface area (Å²) in [6.45, 7) is 5.26. The van der Waals surface area contributed by atoms with Crippen molar-refractivity contribution in [3.63, 3.8) is 0 Å². The van der Waals surface area contributed by atoms with E-state index in [1.54, 1.807) is 6.20 Å². The normalized spacial score (nSPS) is 22.6. The van der Waals surface area contributed by atoms with Crippen LogP contribution >= 0.6 is 0 Å². The molecule has 1 amide bonds. The summed E-state index contributed by atoms with van der Waals surface area (Å²) >= 11 is 0. The third-order valence-electron chi connectivity index (χ3n) is 5.27. The average Bonchev–Trinajstić information content (AvgIpc) is 3.26. The first-order chi connectivity index (χ1) is 10.5. The molecule has 1 unspecified atom stereocenters. The van der Waals surface area contributed by atoms with E-state index >= 15 is 0 Å². The number of carbonyl (C=O) groups is 1. The number of nitrogens with zero attached hydrogens (tertiary/aromatic N) is 3. The first-order valence-electron chi connectivity index (χ1n) is 8.52. The lowest BCUT2D eigenvalue weighted by Crippen LogP contribution is -2.46. The van der Waals surface area contributed by atoms with Crippen LogP contribution in [0.4, 0.5) is 4.39 Å². The first-order valence-corrected chi connectivity index (χ1v) is 8.52. The lowest BCUT2D eigenvalue weighted by atomic mass is 9.88. The number of hydrogen-bond donors (Lipinski definition) is 0. The molecule has 22 heavy (non-hydrogen) atoms. The Morgan fingerprint density at radius 2 is 2.14 bits per heavy atom. The lowest BCUT2D eigenvalue weighted by molar-refractivity contribution is -0.134. The quantitative estimate of drug-likeness (QED) is 0.838. The van der Waals surface area contributed by atoms with E-state index in [1.165, 1.54) is 0 Å². The molecule has 0 aromatic carbocycles. The van der Waals surface area contributed by atoms with E-state index in [4.69, 9.17) is 0 Å². The van der Waals surface area contributed by atoms with Crippen LogP contribution in [0.2, 0.25) is 0 Å². The maximum Gasteiger partial charge on any atom is 0.224 e. The van der Waals surface area contributed by atoms with Gasteiger partial charge in [-0.05, 0) is 38.5 Å². The Hall–Kier alpha value is -1.39. The molecular weight excluding hydrogens is 281 g/mol. The highest BCUT2D eigenvalue weighted by atomic mass is 19.1. The molecule has 1 atom stereocenters. The Bertz CT molecular complexity index is 530. The van der Waals surface area contributed by atoms with E-state index in [2.05, 4.69) is 16.5 Å². The second-order valence-corrected chi connectivity index (χ2v) is 6.85. The first kappa shape index (κ1) is 15.5. The number of hydrogen-bond acceptors (Lipinski definition) is 2. The van der Waals surface area contributed by atoms with E-state index in [-0.39, 0.29) is 17.9 Å². The van der Waals surface area contributed by atoms with Crippen LogP contribution in [0.3, 0.4) is 0 Å². The van der Waals surface area contributed by atoms with Crippen molar-refractivity contribution in [2.75, 3.05) is 13.1 Å². The van der Waals surface area contributed by atoms with Crippen molar-refractivity contribution in [3.8, 4) is 0 Å². The topological polar surface area (TPSA) is 38.1 Å². The number of piperidine rings is 1. The van der Waals surface area contributed by atoms with Gasteiger partial charge in [0, 0.05) is 44.4 Å². The van der Waals surface area contributed by atoms with Crippen LogP contribution in [0.5, 0.6) is 0 Å². The molecule has 0 N–H and O–H groups in total. The van der Waals surface area contributed by atoms with Gasteiger partial charge in [-0.15, -0.1) is 0 Å². The summed E-state index contributed by atoms with van der Waals surface area (Å²) < 4.78 is 16.7. The molecule has 0 radical (unpaired) electrons. The molecule has 1 saturated carbocycles. The van der Waals surface area contributed by atoms with Gasteiger partial charge in [0.25, 0.3) is 0 Å². The minimum Gasteiger partial charge on any atom is -0.342 e. The van der Waals surface area contributed by atoms with Crippen LogP contribution in [0.25, 0.3) is 0 Å². The number of carbonyl (C=O) groups excluding carboxylic acids is 1. The third-order valence-corrected chi connectivity index (χ3v) is 5.27. The molecule has 122 valence electrons. The second kappa shape index (κ2) is 6.01. The number of alkyl halides is 1. The van der Waals surface area contributed by atoms with Crippen LogP contribution in [-0.2, 0) is 11.2 Å². The van der Waals surface area contributed by atoms with Gasteiger partial charge in [-0.3, -0.25) is 4.79 Å². The molecule has 2 heterocycles. The van der Waals surface area contributed by atoms with Gasteiger partial charge in [0.15, 0.2) is 0 Å². The lowest BCUT2D eigenvalue weighted by Gasteiger charge is -2.37. The van der Waals surface area contributed by atoms with Crippen LogP contribution in [0.15, 0.2) is 12.4 Å². The van der Waals surface area contributed by atoms with Crippen molar-refractivity contribution in [2.45, 2.75) is 64.1 Å². The maximum absolute atomic E-state index is 14.6. The van der Waals surface area contributed by atoms with Gasteiger partial charge in [0.05, 0.1) is 0 Å². The van der Waals surface area contributed by atoms with Gasteiger partial charge in [-0.2, -0.15) is 0 Å². The molecular formula is C17H26FN3O. The summed E-state index contributed by atoms with van der Waals surface area (Å²) in [7, 11) is 0. The van der Waals surface area contributed by atoms with Gasteiger partial charge >= 0.3 is 0 Å². The van der Waals surface area contributed by atoms with Crippen molar-refractivity contribution in [1.82, 2.24) is 14.5 Å². The Labute approximate surface area is 131 Å². The number of halogens is 1. The molecule has 1 aliphatic heterocycles. The molecule has 5 heteroatoms. The monoisotopic (exact) mass is 307 g/mol. The number of imidazole rings is 1. The minimum absolute atomic E-state index is 0.102. The number of likely N-dealkylation sites (tertiary alicyclic amines) is 1. The molecule has 1 aromatic rings. The van der Waals surface area contributed by atoms with Crippen LogP contribution < -0.4 is 0 Å². The van der Waals surface area contributed by atoms with Crippen molar-refractivity contribution < 1.29 is 9.18 Å². The average molecular weight is 307 g/mol. The van der Waals surface area contributed by atoms with Gasteiger partial charge in [-0.25, -0.2) is 9.37 Å². The molecule has 3 rings (SSSR count). The van der Waals surface area contributed by atoms with Gasteiger partial charge < -0.3 is 9.47 Å². The highest BCUT2D eigenvalue weighted by Gasteiger charge is 2.47. The van der Waals surface area contributed by atoms with Crippen LogP contribution in [0.1, 0.15) is 57.8 Å². The fourth-order valence-corrected chi connectivity index (χ4v) is 3.64. The van der Waals surface area contributed by atoms with Gasteiger partial charge in [-0.1, -0.05) is 6.92 Å². The SMILES string of the molecule is CCc1nccn1C(C)CC(=O)N1CCC(F)(C2CC2)CC1. The number of amides is 1. The Balaban J connectivity index is 1.54. The van der Waals surface area contributed by atoms with E-state index in [9.17, 15) is 9.18 Å². The highest BCUT2D eigenvalue weighted by Crippen LogP contribution is 2.47. The number of aryl methyl sites for hydroxylation is 1. The summed E-state index contributed by atoms with van der Waals surface area (Å²) in [6, 6.07) is 0.102. The molecule has 2 fully saturated rings. The predicted octanol–water partition coefficient (Wildman–Crippen LogP) is 3.14. The zero-order valence-corrected chi connectivity index (χ0v) is 13.6. The molecule has 4 nitrogen and oxygen atoms in total. The number of aromatic nitrogens is 2. The van der Waals surface area contributed by atoms with E-state index < -0.39 is 5.67 Å². The minimum atomic E-state index is -0.998. The zero-order valence-electron chi connectivity index (χ0n) is 13.6. The summed E-state index contributed by atoms with van der Waals surface area (Å²) in [4.78, 5) is 18.6. The molecule has 2 aliphatic rings. The van der Waals surface area contributed by atoms with Gasteiger partial charge in [0.2, 0.25) is 5.91 Å². The summed E-state index contributed by atoms with van der Waals surface area (Å²) in [5.41, 5.74) is -0.998. The largest absolute Gasteiger partial charge is 0.342 e. The second-order valence-electron chi connectivity index (χ2n) is 6.85. The molecule has 1 aliphatic carbocycles. The maximum atomic E-state index is 14.6. The van der Waals surface area contributed by atoms with Crippen molar-refractivity contribution in [1.29, 1.82) is 0 Å². The Kier molecular flexibility index (Phi) is 4.24. The summed E-state index contributed by atoms with van der Waals surface area (Å²) in [5.74, 6) is 1.42. The highest BCUT2D eigenvalue weighted by molar-refractivity contribution is 5.76. The third kappa shape index (κ3) is 3.03. The molecule has 1 aromatic heterocycles. The smallest absolute Gasteiger partial charge is 0.224 e. The fraction of sp³-hybridized carbons (Fsp3) is 0.765. The Morgan fingerprint density at radius 3 is 2.73 bits per heavy atom. The van der Waals surface area contributed by atoms with Crippen molar-refractivity contribution >= 4 is 5.91 Å². The van der Waals surface area contributed by atoms with Crippen LogP contribution in [-0.4, -0.2) is 39.1 Å². The van der Waals surface area contributed by atoms with Gasteiger partial charge in [0.1, 0.15) is 11.5 Å². The van der Waals surface area contributed by atoms with E-state index in [0.29, 0.717) is 32.4 Å². The zero-order chi connectivity index (χ0) is 15.7. The predicted molar refractivity (Wildman–Crippen MR) is 83.3 cm³/mol. The Morgan fingerprint density at radius 1 is 1.45 bits per heavy atom. The molecule has 0 spiro atoms. The van der Waals surface area contributed by atoms with E-state index in [0.717, 1.165) is 25.1 Å². The fourth-order valence-electron chi connectivity index (χ4n) is 3.64. The number of rotatable bonds is 5.